The molecule has 0 N–H and O–H groups in total. The summed E-state index contributed by atoms with van der Waals surface area (Å²) in [7, 11) is 3.59. The summed E-state index contributed by atoms with van der Waals surface area (Å²) >= 11 is 1.46. The fourth-order valence-electron chi connectivity index (χ4n) is 3.77. The maximum absolute atomic E-state index is 12.7. The number of nitrogens with zero attached hydrogens (tertiary/aromatic N) is 4. The lowest BCUT2D eigenvalue weighted by Crippen LogP contribution is -2.40. The number of hydrogen-bond donors (Lipinski definition) is 0. The number of ether oxygens (including phenoxy) is 1. The molecule has 0 atom stereocenters. The summed E-state index contributed by atoms with van der Waals surface area (Å²) in [5.41, 5.74) is 0.908. The van der Waals surface area contributed by atoms with Gasteiger partial charge < -0.3 is 14.2 Å². The zero-order valence-corrected chi connectivity index (χ0v) is 18.0. The molecule has 3 rings (SSSR count). The van der Waals surface area contributed by atoms with Gasteiger partial charge in [-0.15, -0.1) is 10.2 Å². The second-order valence-corrected chi connectivity index (χ2v) is 8.40. The van der Waals surface area contributed by atoms with E-state index in [4.69, 9.17) is 4.74 Å². The van der Waals surface area contributed by atoms with Crippen molar-refractivity contribution in [2.45, 2.75) is 57.3 Å². The van der Waals surface area contributed by atoms with E-state index in [1.165, 1.54) is 24.6 Å². The van der Waals surface area contributed by atoms with Crippen LogP contribution in [-0.2, 0) is 11.3 Å². The van der Waals surface area contributed by atoms with Crippen molar-refractivity contribution in [3.05, 3.63) is 24.3 Å². The Kier molecular flexibility index (Phi) is 6.99. The van der Waals surface area contributed by atoms with Gasteiger partial charge in [0, 0.05) is 19.6 Å². The molecule has 1 amide bonds. The quantitative estimate of drug-likeness (QED) is 0.653. The van der Waals surface area contributed by atoms with Crippen molar-refractivity contribution in [1.29, 1.82) is 0 Å². The molecule has 28 heavy (non-hydrogen) atoms. The second-order valence-electron chi connectivity index (χ2n) is 7.46. The third-order valence-electron chi connectivity index (χ3n) is 5.63. The van der Waals surface area contributed by atoms with E-state index < -0.39 is 0 Å². The maximum Gasteiger partial charge on any atom is 0.233 e. The first-order valence-corrected chi connectivity index (χ1v) is 11.0. The molecule has 0 radical (unpaired) electrons. The highest BCUT2D eigenvalue weighted by molar-refractivity contribution is 7.99. The van der Waals surface area contributed by atoms with E-state index >= 15 is 0 Å². The number of carbonyl (C=O) groups is 1. The molecule has 1 aliphatic rings. The van der Waals surface area contributed by atoms with Crippen LogP contribution in [0.5, 0.6) is 5.75 Å². The Morgan fingerprint density at radius 3 is 2.64 bits per heavy atom. The van der Waals surface area contributed by atoms with Crippen LogP contribution in [0.3, 0.4) is 0 Å². The Labute approximate surface area is 171 Å². The van der Waals surface area contributed by atoms with E-state index in [2.05, 4.69) is 24.0 Å². The minimum absolute atomic E-state index is 0.161. The number of methoxy groups -OCH3 is 1. The average Bonchev–Trinajstić information content (AvgIpc) is 3.14. The van der Waals surface area contributed by atoms with Gasteiger partial charge in [0.25, 0.3) is 0 Å². The number of thioether (sulfide) groups is 1. The number of aromatic nitrogens is 3. The lowest BCUT2D eigenvalue weighted by Gasteiger charge is -2.33. The molecule has 0 spiro atoms. The molecule has 0 unspecified atom stereocenters. The molecule has 0 bridgehead atoms. The second kappa shape index (κ2) is 9.45. The van der Waals surface area contributed by atoms with E-state index in [0.717, 1.165) is 47.6 Å². The predicted octanol–water partition coefficient (Wildman–Crippen LogP) is 4.10. The Hall–Kier alpha value is -2.02. The van der Waals surface area contributed by atoms with Gasteiger partial charge >= 0.3 is 0 Å². The lowest BCUT2D eigenvalue weighted by molar-refractivity contribution is -0.129. The standard InChI is InChI=1S/C21H30N4O2S/c1-5-25-20(17-8-6-7-9-18(17)27-4)22-23-21(25)28-14-19(26)24(3)16-12-10-15(2)11-13-16/h6-9,15-16H,5,10-14H2,1-4H3. The Morgan fingerprint density at radius 1 is 1.25 bits per heavy atom. The first kappa shape index (κ1) is 20.7. The first-order valence-electron chi connectivity index (χ1n) is 10.00. The molecule has 152 valence electrons. The zero-order valence-electron chi connectivity index (χ0n) is 17.2. The van der Waals surface area contributed by atoms with Gasteiger partial charge in [-0.05, 0) is 50.7 Å². The van der Waals surface area contributed by atoms with Crippen LogP contribution in [0, 0.1) is 5.92 Å². The molecule has 1 saturated carbocycles. The van der Waals surface area contributed by atoms with Gasteiger partial charge in [0.15, 0.2) is 11.0 Å². The largest absolute Gasteiger partial charge is 0.496 e. The van der Waals surface area contributed by atoms with Crippen LogP contribution in [-0.4, -0.2) is 51.5 Å². The summed E-state index contributed by atoms with van der Waals surface area (Å²) in [5.74, 6) is 2.86. The van der Waals surface area contributed by atoms with Crippen molar-refractivity contribution in [2.75, 3.05) is 19.9 Å². The molecule has 0 saturated heterocycles. The molecule has 1 aromatic carbocycles. The highest BCUT2D eigenvalue weighted by Crippen LogP contribution is 2.31. The van der Waals surface area contributed by atoms with Crippen LogP contribution < -0.4 is 4.74 Å². The van der Waals surface area contributed by atoms with Gasteiger partial charge in [-0.1, -0.05) is 30.8 Å². The molecule has 1 heterocycles. The fraction of sp³-hybridized carbons (Fsp3) is 0.571. The van der Waals surface area contributed by atoms with Gasteiger partial charge in [-0.2, -0.15) is 0 Å². The molecule has 1 fully saturated rings. The summed E-state index contributed by atoms with van der Waals surface area (Å²) < 4.78 is 7.50. The number of carbonyl (C=O) groups excluding carboxylic acids is 1. The van der Waals surface area contributed by atoms with Crippen molar-refractivity contribution in [1.82, 2.24) is 19.7 Å². The third kappa shape index (κ3) is 4.51. The summed E-state index contributed by atoms with van der Waals surface area (Å²) in [6.45, 7) is 5.08. The molecule has 7 heteroatoms. The fourth-order valence-corrected chi connectivity index (χ4v) is 4.70. The van der Waals surface area contributed by atoms with E-state index in [1.54, 1.807) is 7.11 Å². The summed E-state index contributed by atoms with van der Waals surface area (Å²) in [6.07, 6.45) is 4.64. The zero-order chi connectivity index (χ0) is 20.1. The number of amides is 1. The van der Waals surface area contributed by atoms with Gasteiger partial charge in [0.1, 0.15) is 5.75 Å². The van der Waals surface area contributed by atoms with Crippen LogP contribution in [0.2, 0.25) is 0 Å². The van der Waals surface area contributed by atoms with E-state index in [9.17, 15) is 4.79 Å². The van der Waals surface area contributed by atoms with E-state index in [-0.39, 0.29) is 5.91 Å². The summed E-state index contributed by atoms with van der Waals surface area (Å²) in [6, 6.07) is 8.17. The van der Waals surface area contributed by atoms with Crippen LogP contribution >= 0.6 is 11.8 Å². The monoisotopic (exact) mass is 402 g/mol. The van der Waals surface area contributed by atoms with Crippen molar-refractivity contribution in [2.24, 2.45) is 5.92 Å². The number of para-hydroxylation sites is 1. The summed E-state index contributed by atoms with van der Waals surface area (Å²) in [4.78, 5) is 14.6. The van der Waals surface area contributed by atoms with Gasteiger partial charge in [-0.25, -0.2) is 0 Å². The Balaban J connectivity index is 1.68. The van der Waals surface area contributed by atoms with Crippen LogP contribution in [0.25, 0.3) is 11.4 Å². The molecule has 6 nitrogen and oxygen atoms in total. The van der Waals surface area contributed by atoms with E-state index in [0.29, 0.717) is 11.8 Å². The minimum Gasteiger partial charge on any atom is -0.496 e. The van der Waals surface area contributed by atoms with Crippen molar-refractivity contribution in [3.8, 4) is 17.1 Å². The van der Waals surface area contributed by atoms with E-state index in [1.807, 2.05) is 40.8 Å². The van der Waals surface area contributed by atoms with Crippen LogP contribution in [0.15, 0.2) is 29.4 Å². The van der Waals surface area contributed by atoms with Crippen molar-refractivity contribution < 1.29 is 9.53 Å². The SMILES string of the molecule is CCn1c(SCC(=O)N(C)C2CCC(C)CC2)nnc1-c1ccccc1OC. The number of benzene rings is 1. The highest BCUT2D eigenvalue weighted by atomic mass is 32.2. The maximum atomic E-state index is 12.7. The average molecular weight is 403 g/mol. The van der Waals surface area contributed by atoms with Crippen LogP contribution in [0.4, 0.5) is 0 Å². The highest BCUT2D eigenvalue weighted by Gasteiger charge is 2.25. The van der Waals surface area contributed by atoms with Gasteiger partial charge in [-0.3, -0.25) is 4.79 Å². The minimum atomic E-state index is 0.161. The third-order valence-corrected chi connectivity index (χ3v) is 6.58. The Bertz CT molecular complexity index is 799. The molecular formula is C21H30N4O2S. The predicted molar refractivity (Wildman–Crippen MR) is 113 cm³/mol. The lowest BCUT2D eigenvalue weighted by atomic mass is 9.87. The van der Waals surface area contributed by atoms with Crippen molar-refractivity contribution in [3.63, 3.8) is 0 Å². The first-order chi connectivity index (χ1) is 13.5. The van der Waals surface area contributed by atoms with Gasteiger partial charge in [0.05, 0.1) is 18.4 Å². The van der Waals surface area contributed by atoms with Gasteiger partial charge in [0.2, 0.25) is 5.91 Å². The molecule has 2 aromatic rings. The topological polar surface area (TPSA) is 60.2 Å². The van der Waals surface area contributed by atoms with Crippen LogP contribution in [0.1, 0.15) is 39.5 Å². The molecule has 1 aromatic heterocycles. The number of hydrogen-bond acceptors (Lipinski definition) is 5. The summed E-state index contributed by atoms with van der Waals surface area (Å²) in [5, 5.41) is 9.48. The van der Waals surface area contributed by atoms with Crippen molar-refractivity contribution >= 4 is 17.7 Å². The molecule has 0 aliphatic heterocycles. The molecule has 1 aliphatic carbocycles. The smallest absolute Gasteiger partial charge is 0.233 e. The normalized spacial score (nSPS) is 19.4. The Morgan fingerprint density at radius 2 is 1.96 bits per heavy atom. The molecular weight excluding hydrogens is 372 g/mol. The number of rotatable bonds is 7.